The molecule has 1 N–H and O–H groups in total. The number of thiazole rings is 1. The highest BCUT2D eigenvalue weighted by molar-refractivity contribution is 7.09. The van der Waals surface area contributed by atoms with Crippen molar-refractivity contribution in [1.29, 1.82) is 0 Å². The number of carboxylic acid groups (broad SMARTS) is 1. The maximum absolute atomic E-state index is 12.7. The summed E-state index contributed by atoms with van der Waals surface area (Å²) in [6.07, 6.45) is 4.68. The third-order valence-electron chi connectivity index (χ3n) is 5.22. The van der Waals surface area contributed by atoms with Gasteiger partial charge in [-0.05, 0) is 18.4 Å². The molecule has 0 aliphatic heterocycles. The Morgan fingerprint density at radius 1 is 1.19 bits per heavy atom. The Balaban J connectivity index is 1.66. The van der Waals surface area contributed by atoms with Crippen molar-refractivity contribution in [3.63, 3.8) is 0 Å². The van der Waals surface area contributed by atoms with Gasteiger partial charge in [0.05, 0.1) is 17.1 Å². The van der Waals surface area contributed by atoms with Gasteiger partial charge in [0, 0.05) is 18.8 Å². The van der Waals surface area contributed by atoms with Gasteiger partial charge in [-0.1, -0.05) is 49.6 Å². The van der Waals surface area contributed by atoms with E-state index >= 15 is 0 Å². The highest BCUT2D eigenvalue weighted by atomic mass is 32.1. The Morgan fingerprint density at radius 3 is 2.54 bits per heavy atom. The minimum absolute atomic E-state index is 0.150. The van der Waals surface area contributed by atoms with Gasteiger partial charge >= 0.3 is 5.97 Å². The molecule has 1 heterocycles. The number of carbonyl (C=O) groups excluding carboxylic acids is 1. The normalized spacial score (nSPS) is 16.2. The zero-order valence-electron chi connectivity index (χ0n) is 15.0. The Kier molecular flexibility index (Phi) is 5.71. The lowest BCUT2D eigenvalue weighted by Gasteiger charge is -2.41. The molecule has 1 aromatic carbocycles. The molecule has 0 radical (unpaired) electrons. The summed E-state index contributed by atoms with van der Waals surface area (Å²) >= 11 is 1.54. The van der Waals surface area contributed by atoms with E-state index in [2.05, 4.69) is 17.1 Å². The van der Waals surface area contributed by atoms with Crippen molar-refractivity contribution in [3.8, 4) is 0 Å². The van der Waals surface area contributed by atoms with Gasteiger partial charge < -0.3 is 10.0 Å². The van der Waals surface area contributed by atoms with E-state index in [0.29, 0.717) is 18.5 Å². The van der Waals surface area contributed by atoms with Crippen LogP contribution in [0.3, 0.4) is 0 Å². The molecule has 0 spiro atoms. The van der Waals surface area contributed by atoms with Gasteiger partial charge in [0.25, 0.3) is 0 Å². The average molecular weight is 372 g/mol. The van der Waals surface area contributed by atoms with Crippen molar-refractivity contribution < 1.29 is 14.7 Å². The molecule has 1 saturated carbocycles. The number of carbonyl (C=O) groups is 2. The van der Waals surface area contributed by atoms with Crippen LogP contribution < -0.4 is 0 Å². The summed E-state index contributed by atoms with van der Waals surface area (Å²) in [5, 5.41) is 12.6. The molecule has 26 heavy (non-hydrogen) atoms. The van der Waals surface area contributed by atoms with Crippen molar-refractivity contribution in [3.05, 3.63) is 52.0 Å². The monoisotopic (exact) mass is 372 g/mol. The van der Waals surface area contributed by atoms with Crippen molar-refractivity contribution in [2.24, 2.45) is 0 Å². The summed E-state index contributed by atoms with van der Waals surface area (Å²) in [5.41, 5.74) is 0.844. The molecule has 0 saturated heterocycles. The molecule has 1 amide bonds. The van der Waals surface area contributed by atoms with Crippen molar-refractivity contribution >= 4 is 23.2 Å². The van der Waals surface area contributed by atoms with Crippen LogP contribution in [0.4, 0.5) is 0 Å². The molecule has 3 rings (SSSR count). The zero-order chi connectivity index (χ0) is 18.6. The van der Waals surface area contributed by atoms with Crippen LogP contribution in [0, 0.1) is 0 Å². The summed E-state index contributed by atoms with van der Waals surface area (Å²) in [6.45, 7) is 0. The summed E-state index contributed by atoms with van der Waals surface area (Å²) in [7, 11) is 1.62. The maximum atomic E-state index is 12.7. The van der Waals surface area contributed by atoms with Gasteiger partial charge in [-0.25, -0.2) is 9.78 Å². The van der Waals surface area contributed by atoms with Crippen molar-refractivity contribution in [2.75, 3.05) is 7.05 Å². The van der Waals surface area contributed by atoms with Crippen LogP contribution in [0.5, 0.6) is 0 Å². The van der Waals surface area contributed by atoms with E-state index in [1.54, 1.807) is 18.4 Å². The van der Waals surface area contributed by atoms with Crippen LogP contribution in [0.2, 0.25) is 0 Å². The van der Waals surface area contributed by atoms with Gasteiger partial charge in [-0.15, -0.1) is 11.3 Å². The van der Waals surface area contributed by atoms with Gasteiger partial charge in [-0.2, -0.15) is 0 Å². The van der Waals surface area contributed by atoms with E-state index in [9.17, 15) is 14.7 Å². The highest BCUT2D eigenvalue weighted by Gasteiger charge is 2.45. The number of aromatic nitrogens is 1. The van der Waals surface area contributed by atoms with E-state index in [-0.39, 0.29) is 12.3 Å². The summed E-state index contributed by atoms with van der Waals surface area (Å²) in [5.74, 6) is -1.07. The molecule has 1 aromatic heterocycles. The molecule has 2 aromatic rings. The van der Waals surface area contributed by atoms with E-state index in [4.69, 9.17) is 0 Å². The number of nitrogens with zero attached hydrogens (tertiary/aromatic N) is 2. The van der Waals surface area contributed by atoms with E-state index < -0.39 is 11.5 Å². The topological polar surface area (TPSA) is 70.5 Å². The van der Waals surface area contributed by atoms with Crippen LogP contribution in [0.15, 0.2) is 35.7 Å². The molecule has 0 atom stereocenters. The first-order valence-corrected chi connectivity index (χ1v) is 9.86. The van der Waals surface area contributed by atoms with Crippen LogP contribution in [0.25, 0.3) is 0 Å². The molecule has 5 nitrogen and oxygen atoms in total. The second-order valence-electron chi connectivity index (χ2n) is 6.92. The first-order chi connectivity index (χ1) is 12.5. The van der Waals surface area contributed by atoms with Crippen LogP contribution in [-0.4, -0.2) is 39.5 Å². The largest absolute Gasteiger partial charge is 0.479 e. The maximum Gasteiger partial charge on any atom is 0.329 e. The minimum atomic E-state index is -1.06. The number of hydrogen-bond donors (Lipinski definition) is 1. The predicted octanol–water partition coefficient (Wildman–Crippen LogP) is 3.52. The first-order valence-electron chi connectivity index (χ1n) is 8.98. The number of amides is 1. The van der Waals surface area contributed by atoms with Gasteiger partial charge in [0.15, 0.2) is 0 Å². The smallest absolute Gasteiger partial charge is 0.329 e. The molecule has 1 aliphatic rings. The van der Waals surface area contributed by atoms with Crippen LogP contribution in [0.1, 0.15) is 48.4 Å². The molecule has 0 bridgehead atoms. The number of aliphatic carboxylic acids is 1. The lowest BCUT2D eigenvalue weighted by atomic mass is 9.80. The standard InChI is InChI=1S/C20H24N2O3S/c1-22(20(19(24)25)10-6-3-7-11-20)18(23)13-16-14-26-17(21-16)12-15-8-4-2-5-9-15/h2,4-5,8-9,14H,3,6-7,10-13H2,1H3,(H,24,25). The van der Waals surface area contributed by atoms with E-state index in [1.807, 2.05) is 23.6 Å². The quantitative estimate of drug-likeness (QED) is 0.842. The van der Waals surface area contributed by atoms with Crippen molar-refractivity contribution in [2.45, 2.75) is 50.5 Å². The van der Waals surface area contributed by atoms with Crippen LogP contribution in [-0.2, 0) is 22.4 Å². The van der Waals surface area contributed by atoms with Crippen LogP contribution >= 0.6 is 11.3 Å². The fourth-order valence-electron chi connectivity index (χ4n) is 3.62. The Bertz CT molecular complexity index is 766. The highest BCUT2D eigenvalue weighted by Crippen LogP contribution is 2.33. The number of rotatable bonds is 6. The number of carboxylic acids is 1. The Morgan fingerprint density at radius 2 is 1.88 bits per heavy atom. The summed E-state index contributed by atoms with van der Waals surface area (Å²) in [6, 6.07) is 10.1. The lowest BCUT2D eigenvalue weighted by Crippen LogP contribution is -2.56. The molecule has 1 fully saturated rings. The molecule has 0 unspecified atom stereocenters. The number of hydrogen-bond acceptors (Lipinski definition) is 4. The SMILES string of the molecule is CN(C(=O)Cc1csc(Cc2ccccc2)n1)C1(C(=O)O)CCCCC1. The second kappa shape index (κ2) is 7.99. The van der Waals surface area contributed by atoms with E-state index in [0.717, 1.165) is 30.7 Å². The number of likely N-dealkylation sites (N-methyl/N-ethyl adjacent to an activating group) is 1. The molecular formula is C20H24N2O3S. The Labute approximate surface area is 157 Å². The fraction of sp³-hybridized carbons (Fsp3) is 0.450. The molecule has 1 aliphatic carbocycles. The predicted molar refractivity (Wildman–Crippen MR) is 101 cm³/mol. The minimum Gasteiger partial charge on any atom is -0.479 e. The van der Waals surface area contributed by atoms with Gasteiger partial charge in [0.2, 0.25) is 5.91 Å². The van der Waals surface area contributed by atoms with Gasteiger partial charge in [0.1, 0.15) is 5.54 Å². The summed E-state index contributed by atoms with van der Waals surface area (Å²) < 4.78 is 0. The zero-order valence-corrected chi connectivity index (χ0v) is 15.8. The second-order valence-corrected chi connectivity index (χ2v) is 7.86. The molecular weight excluding hydrogens is 348 g/mol. The summed E-state index contributed by atoms with van der Waals surface area (Å²) in [4.78, 5) is 30.6. The average Bonchev–Trinajstić information content (AvgIpc) is 3.09. The number of benzene rings is 1. The third-order valence-corrected chi connectivity index (χ3v) is 6.12. The fourth-order valence-corrected chi connectivity index (χ4v) is 4.45. The van der Waals surface area contributed by atoms with Crippen molar-refractivity contribution in [1.82, 2.24) is 9.88 Å². The Hall–Kier alpha value is -2.21. The van der Waals surface area contributed by atoms with Gasteiger partial charge in [-0.3, -0.25) is 4.79 Å². The lowest BCUT2D eigenvalue weighted by molar-refractivity contribution is -0.160. The first kappa shape index (κ1) is 18.6. The van der Waals surface area contributed by atoms with E-state index in [1.165, 1.54) is 10.5 Å². The molecule has 6 heteroatoms. The molecule has 138 valence electrons. The third kappa shape index (κ3) is 3.96.